The van der Waals surface area contributed by atoms with E-state index >= 15 is 0 Å². The van der Waals surface area contributed by atoms with Crippen molar-refractivity contribution in [2.45, 2.75) is 18.9 Å². The number of benzene rings is 10. The van der Waals surface area contributed by atoms with Crippen molar-refractivity contribution in [3.05, 3.63) is 223 Å². The molecule has 1 aromatic heterocycles. The fourth-order valence-corrected chi connectivity index (χ4v) is 11.1. The molecule has 0 radical (unpaired) electrons. The Morgan fingerprint density at radius 1 is 0.377 bits per heavy atom. The van der Waals surface area contributed by atoms with Gasteiger partial charge in [-0.15, -0.1) is 0 Å². The fourth-order valence-electron chi connectivity index (χ4n) is 11.1. The van der Waals surface area contributed by atoms with Crippen LogP contribution < -0.4 is 4.90 Å². The number of anilines is 2. The highest BCUT2D eigenvalue weighted by atomic mass is 15.2. The van der Waals surface area contributed by atoms with E-state index < -0.39 is 0 Å². The normalized spacial score (nSPS) is 15.8. The first-order valence-corrected chi connectivity index (χ1v) is 21.4. The number of hydrogen-bond acceptors (Lipinski definition) is 1. The highest BCUT2D eigenvalue weighted by Gasteiger charge is 2.38. The van der Waals surface area contributed by atoms with Gasteiger partial charge in [0.25, 0.3) is 0 Å². The third-order valence-corrected chi connectivity index (χ3v) is 13.5. The lowest BCUT2D eigenvalue weighted by Crippen LogP contribution is -2.29. The third-order valence-electron chi connectivity index (χ3n) is 13.5. The molecule has 0 fully saturated rings. The lowest BCUT2D eigenvalue weighted by atomic mass is 9.85. The SMILES string of the molecule is Cc1cc(-c2c3ccccc3c(N3c4ccccc4C4C=CC=CC43)c3ccccc23)cc(-c2c3ccccc3c(-n3c4ccccc4c4ccccc43)c3ccccc23)c1. The maximum absolute atomic E-state index is 2.62. The number of fused-ring (bicyclic) bond motifs is 10. The van der Waals surface area contributed by atoms with Crippen LogP contribution in [0.15, 0.2) is 212 Å². The van der Waals surface area contributed by atoms with Crippen LogP contribution in [-0.4, -0.2) is 10.6 Å². The molecule has 286 valence electrons. The standard InChI is InChI=1S/C59H40N2/c1-37-34-38(56-44-22-2-6-26-48(44)58(49-27-7-3-23-45(49)56)60-52-30-14-10-18-40(52)41-19-11-15-31-53(41)60)36-39(35-37)57-46-24-4-8-28-50(46)59(51-29-9-5-25-47(51)57)61-54-32-16-12-20-42(54)43-21-13-17-33-55(43)61/h2-36,40,52H,1H3. The second kappa shape index (κ2) is 13.2. The molecule has 2 aliphatic rings. The summed E-state index contributed by atoms with van der Waals surface area (Å²) < 4.78 is 2.50. The maximum atomic E-state index is 2.62. The maximum Gasteiger partial charge on any atom is 0.0630 e. The molecule has 10 aromatic carbocycles. The van der Waals surface area contributed by atoms with E-state index in [1.807, 2.05) is 0 Å². The van der Waals surface area contributed by atoms with Crippen molar-refractivity contribution in [2.24, 2.45) is 0 Å². The van der Waals surface area contributed by atoms with E-state index in [9.17, 15) is 0 Å². The number of nitrogens with zero attached hydrogens (tertiary/aromatic N) is 2. The molecule has 0 saturated heterocycles. The van der Waals surface area contributed by atoms with Crippen LogP contribution in [0.2, 0.25) is 0 Å². The Morgan fingerprint density at radius 3 is 1.31 bits per heavy atom. The first-order valence-electron chi connectivity index (χ1n) is 21.4. The molecule has 61 heavy (non-hydrogen) atoms. The van der Waals surface area contributed by atoms with Gasteiger partial charge >= 0.3 is 0 Å². The summed E-state index contributed by atoms with van der Waals surface area (Å²) in [7, 11) is 0. The van der Waals surface area contributed by atoms with Crippen LogP contribution in [0.4, 0.5) is 11.4 Å². The van der Waals surface area contributed by atoms with Gasteiger partial charge in [-0.2, -0.15) is 0 Å². The minimum absolute atomic E-state index is 0.206. The molecule has 11 aromatic rings. The molecular weight excluding hydrogens is 737 g/mol. The van der Waals surface area contributed by atoms with Gasteiger partial charge in [0, 0.05) is 43.9 Å². The first-order chi connectivity index (χ1) is 30.2. The Hall–Kier alpha value is -7.68. The number of aryl methyl sites for hydroxylation is 1. The lowest BCUT2D eigenvalue weighted by molar-refractivity contribution is 0.747. The monoisotopic (exact) mass is 776 g/mol. The molecule has 0 bridgehead atoms. The average Bonchev–Trinajstić information content (AvgIpc) is 3.82. The van der Waals surface area contributed by atoms with Gasteiger partial charge in [0.15, 0.2) is 0 Å². The third kappa shape index (κ3) is 4.91. The van der Waals surface area contributed by atoms with Crippen LogP contribution in [0.1, 0.15) is 17.0 Å². The molecule has 13 rings (SSSR count). The Balaban J connectivity index is 1.08. The molecule has 1 aliphatic heterocycles. The quantitative estimate of drug-likeness (QED) is 0.162. The second-order valence-electron chi connectivity index (χ2n) is 16.8. The lowest BCUT2D eigenvalue weighted by Gasteiger charge is -2.32. The van der Waals surface area contributed by atoms with E-state index in [2.05, 4.69) is 229 Å². The predicted octanol–water partition coefficient (Wildman–Crippen LogP) is 15.8. The van der Waals surface area contributed by atoms with E-state index in [1.165, 1.54) is 115 Å². The van der Waals surface area contributed by atoms with Crippen molar-refractivity contribution >= 4 is 76.3 Å². The van der Waals surface area contributed by atoms with E-state index in [0.29, 0.717) is 5.92 Å². The van der Waals surface area contributed by atoms with E-state index in [1.54, 1.807) is 0 Å². The van der Waals surface area contributed by atoms with E-state index in [4.69, 9.17) is 0 Å². The summed E-state index contributed by atoms with van der Waals surface area (Å²) in [6.07, 6.45) is 9.19. The molecule has 2 atom stereocenters. The summed E-state index contributed by atoms with van der Waals surface area (Å²) >= 11 is 0. The van der Waals surface area contributed by atoms with Crippen LogP contribution in [0, 0.1) is 6.92 Å². The van der Waals surface area contributed by atoms with Crippen molar-refractivity contribution in [1.29, 1.82) is 0 Å². The van der Waals surface area contributed by atoms with E-state index in [-0.39, 0.29) is 6.04 Å². The van der Waals surface area contributed by atoms with Crippen LogP contribution in [0.25, 0.3) is 92.8 Å². The van der Waals surface area contributed by atoms with Crippen molar-refractivity contribution in [2.75, 3.05) is 4.90 Å². The van der Waals surface area contributed by atoms with Gasteiger partial charge < -0.3 is 9.47 Å². The van der Waals surface area contributed by atoms with Gasteiger partial charge in [-0.3, -0.25) is 0 Å². The summed E-state index contributed by atoms with van der Waals surface area (Å²) in [5.74, 6) is 0.309. The van der Waals surface area contributed by atoms with Crippen LogP contribution in [0.3, 0.4) is 0 Å². The molecule has 1 aliphatic carbocycles. The summed E-state index contributed by atoms with van der Waals surface area (Å²) in [6.45, 7) is 2.26. The highest BCUT2D eigenvalue weighted by molar-refractivity contribution is 6.24. The summed E-state index contributed by atoms with van der Waals surface area (Å²) in [5.41, 5.74) is 13.8. The molecule has 0 amide bonds. The zero-order valence-electron chi connectivity index (χ0n) is 33.8. The Labute approximate surface area is 354 Å². The van der Waals surface area contributed by atoms with Crippen LogP contribution in [-0.2, 0) is 0 Å². The van der Waals surface area contributed by atoms with Crippen molar-refractivity contribution < 1.29 is 0 Å². The summed E-state index contributed by atoms with van der Waals surface area (Å²) in [5, 5.41) is 12.6. The number of rotatable bonds is 4. The molecule has 0 saturated carbocycles. The average molecular weight is 777 g/mol. The zero-order valence-corrected chi connectivity index (χ0v) is 33.8. The van der Waals surface area contributed by atoms with Crippen LogP contribution >= 0.6 is 0 Å². The summed E-state index contributed by atoms with van der Waals surface area (Å²) in [6, 6.07) is 70.4. The minimum Gasteiger partial charge on any atom is -0.332 e. The van der Waals surface area contributed by atoms with Crippen molar-refractivity contribution in [3.63, 3.8) is 0 Å². The van der Waals surface area contributed by atoms with Gasteiger partial charge in [0.2, 0.25) is 0 Å². The Morgan fingerprint density at radius 2 is 0.787 bits per heavy atom. The zero-order chi connectivity index (χ0) is 40.2. The van der Waals surface area contributed by atoms with Gasteiger partial charge in [0.05, 0.1) is 28.5 Å². The number of para-hydroxylation sites is 3. The van der Waals surface area contributed by atoms with Crippen molar-refractivity contribution in [3.8, 4) is 27.9 Å². The minimum atomic E-state index is 0.206. The first kappa shape index (κ1) is 34.2. The smallest absolute Gasteiger partial charge is 0.0630 e. The Kier molecular flexibility index (Phi) is 7.38. The summed E-state index contributed by atoms with van der Waals surface area (Å²) in [4.78, 5) is 2.62. The number of hydrogen-bond donors (Lipinski definition) is 0. The van der Waals surface area contributed by atoms with Gasteiger partial charge in [-0.25, -0.2) is 0 Å². The van der Waals surface area contributed by atoms with Crippen LogP contribution in [0.5, 0.6) is 0 Å². The largest absolute Gasteiger partial charge is 0.332 e. The molecule has 0 spiro atoms. The molecule has 0 N–H and O–H groups in total. The Bertz CT molecular complexity index is 3530. The second-order valence-corrected chi connectivity index (χ2v) is 16.8. The van der Waals surface area contributed by atoms with Gasteiger partial charge in [-0.1, -0.05) is 188 Å². The number of allylic oxidation sites excluding steroid dienone is 2. The predicted molar refractivity (Wildman–Crippen MR) is 260 cm³/mol. The highest BCUT2D eigenvalue weighted by Crippen LogP contribution is 2.53. The molecular formula is C59H40N2. The fraction of sp³-hybridized carbons (Fsp3) is 0.0508. The van der Waals surface area contributed by atoms with Gasteiger partial charge in [0.1, 0.15) is 0 Å². The topological polar surface area (TPSA) is 8.17 Å². The van der Waals surface area contributed by atoms with E-state index in [0.717, 1.165) is 0 Å². The molecule has 2 heteroatoms. The van der Waals surface area contributed by atoms with Gasteiger partial charge in [-0.05, 0) is 86.1 Å². The van der Waals surface area contributed by atoms with Crippen molar-refractivity contribution in [1.82, 2.24) is 4.57 Å². The molecule has 2 heterocycles. The number of aromatic nitrogens is 1. The molecule has 2 unspecified atom stereocenters. The molecule has 2 nitrogen and oxygen atoms in total.